The predicted molar refractivity (Wildman–Crippen MR) is 92.5 cm³/mol. The van der Waals surface area contributed by atoms with Gasteiger partial charge in [-0.1, -0.05) is 30.2 Å². The summed E-state index contributed by atoms with van der Waals surface area (Å²) in [6.07, 6.45) is 0. The Morgan fingerprint density at radius 2 is 1.87 bits per heavy atom. The van der Waals surface area contributed by atoms with Crippen LogP contribution in [0, 0.1) is 11.8 Å². The van der Waals surface area contributed by atoms with Crippen molar-refractivity contribution in [2.45, 2.75) is 19.9 Å². The van der Waals surface area contributed by atoms with Crippen LogP contribution < -0.4 is 11.3 Å². The summed E-state index contributed by atoms with van der Waals surface area (Å²) in [4.78, 5) is 17.8. The van der Waals surface area contributed by atoms with E-state index < -0.39 is 0 Å². The van der Waals surface area contributed by atoms with Gasteiger partial charge in [-0.25, -0.2) is 4.98 Å². The third kappa shape index (κ3) is 2.63. The first-order valence-corrected chi connectivity index (χ1v) is 7.43. The molecule has 0 aliphatic rings. The molecule has 0 aliphatic carbocycles. The van der Waals surface area contributed by atoms with Gasteiger partial charge in [-0.3, -0.25) is 9.36 Å². The molecule has 0 bridgehead atoms. The fourth-order valence-electron chi connectivity index (χ4n) is 2.62. The number of fused-ring (bicyclic) bond motifs is 1. The molecule has 0 saturated carbocycles. The average Bonchev–Trinajstić information content (AvgIpc) is 2.55. The summed E-state index contributed by atoms with van der Waals surface area (Å²) in [7, 11) is 0. The van der Waals surface area contributed by atoms with Crippen LogP contribution in [0.4, 0.5) is 0 Å². The lowest BCUT2D eigenvalue weighted by molar-refractivity contribution is 0.696. The highest BCUT2D eigenvalue weighted by molar-refractivity contribution is 5.84. The largest absolute Gasteiger partial charge is 0.322 e. The molecule has 0 fully saturated rings. The zero-order chi connectivity index (χ0) is 16.4. The van der Waals surface area contributed by atoms with E-state index in [1.54, 1.807) is 11.5 Å². The number of nitrogens with two attached hydrogens (primary N) is 1. The van der Waals surface area contributed by atoms with Gasteiger partial charge in [0.05, 0.1) is 22.6 Å². The summed E-state index contributed by atoms with van der Waals surface area (Å²) in [5.74, 6) is 6.37. The lowest BCUT2D eigenvalue weighted by atomic mass is 10.1. The van der Waals surface area contributed by atoms with Crippen LogP contribution in [0.2, 0.25) is 0 Å². The van der Waals surface area contributed by atoms with Crippen LogP contribution in [0.25, 0.3) is 16.6 Å². The Hall–Kier alpha value is -2.90. The molecule has 23 heavy (non-hydrogen) atoms. The van der Waals surface area contributed by atoms with Crippen LogP contribution >= 0.6 is 0 Å². The van der Waals surface area contributed by atoms with E-state index in [4.69, 9.17) is 5.73 Å². The molecule has 1 atom stereocenters. The average molecular weight is 303 g/mol. The third-order valence-corrected chi connectivity index (χ3v) is 3.60. The molecule has 0 aliphatic heterocycles. The van der Waals surface area contributed by atoms with Crippen LogP contribution in [0.1, 0.15) is 31.3 Å². The second-order valence-corrected chi connectivity index (χ2v) is 5.31. The lowest BCUT2D eigenvalue weighted by Crippen LogP contribution is -2.27. The molecular formula is C19H17N3O. The van der Waals surface area contributed by atoms with Gasteiger partial charge in [-0.15, -0.1) is 5.92 Å². The standard InChI is InChI=1S/C19H17N3O/c1-3-8-14-9-7-12-16-17(14)19(23)22(18(21-16)13(2)20)15-10-5-4-6-11-15/h4-7,9-13H,20H2,1-2H3. The first-order chi connectivity index (χ1) is 11.1. The van der Waals surface area contributed by atoms with Crippen LogP contribution in [0.15, 0.2) is 53.3 Å². The smallest absolute Gasteiger partial charge is 0.267 e. The predicted octanol–water partition coefficient (Wildman–Crippen LogP) is 2.78. The first-order valence-electron chi connectivity index (χ1n) is 7.43. The van der Waals surface area contributed by atoms with E-state index in [1.165, 1.54) is 0 Å². The molecule has 0 amide bonds. The normalized spacial score (nSPS) is 11.8. The van der Waals surface area contributed by atoms with Crippen LogP contribution in [0.3, 0.4) is 0 Å². The van der Waals surface area contributed by atoms with Gasteiger partial charge in [0, 0.05) is 5.56 Å². The Morgan fingerprint density at radius 3 is 2.52 bits per heavy atom. The van der Waals surface area contributed by atoms with Crippen molar-refractivity contribution in [2.24, 2.45) is 5.73 Å². The number of aromatic nitrogens is 2. The molecule has 4 nitrogen and oxygen atoms in total. The van der Waals surface area contributed by atoms with Crippen molar-refractivity contribution in [2.75, 3.05) is 0 Å². The van der Waals surface area contributed by atoms with Crippen molar-refractivity contribution < 1.29 is 0 Å². The SMILES string of the molecule is CC#Cc1cccc2nc(C(C)N)n(-c3ccccc3)c(=O)c12. The molecule has 1 heterocycles. The number of nitrogens with zero attached hydrogens (tertiary/aromatic N) is 2. The highest BCUT2D eigenvalue weighted by atomic mass is 16.1. The van der Waals surface area contributed by atoms with Crippen molar-refractivity contribution in [1.82, 2.24) is 9.55 Å². The minimum atomic E-state index is -0.367. The number of hydrogen-bond donors (Lipinski definition) is 1. The fraction of sp³-hybridized carbons (Fsp3) is 0.158. The zero-order valence-electron chi connectivity index (χ0n) is 13.1. The van der Waals surface area contributed by atoms with Gasteiger partial charge in [0.25, 0.3) is 5.56 Å². The van der Waals surface area contributed by atoms with Gasteiger partial charge in [0.15, 0.2) is 0 Å². The Bertz CT molecular complexity index is 976. The van der Waals surface area contributed by atoms with Gasteiger partial charge in [0.2, 0.25) is 0 Å². The molecule has 0 spiro atoms. The maximum absolute atomic E-state index is 13.1. The highest BCUT2D eigenvalue weighted by Crippen LogP contribution is 2.18. The summed E-state index contributed by atoms with van der Waals surface area (Å²) in [5.41, 5.74) is 7.96. The molecule has 0 radical (unpaired) electrons. The van der Waals surface area contributed by atoms with Crippen molar-refractivity contribution in [1.29, 1.82) is 0 Å². The Labute approximate surface area is 134 Å². The molecule has 2 N–H and O–H groups in total. The summed E-state index contributed by atoms with van der Waals surface area (Å²) in [6.45, 7) is 3.57. The second kappa shape index (κ2) is 6.07. The highest BCUT2D eigenvalue weighted by Gasteiger charge is 2.16. The van der Waals surface area contributed by atoms with E-state index in [-0.39, 0.29) is 11.6 Å². The van der Waals surface area contributed by atoms with Gasteiger partial charge in [-0.2, -0.15) is 0 Å². The van der Waals surface area contributed by atoms with Gasteiger partial charge in [-0.05, 0) is 38.1 Å². The molecule has 3 aromatic rings. The topological polar surface area (TPSA) is 60.9 Å². The minimum absolute atomic E-state index is 0.146. The molecule has 0 saturated heterocycles. The van der Waals surface area contributed by atoms with E-state index in [1.807, 2.05) is 55.5 Å². The van der Waals surface area contributed by atoms with E-state index >= 15 is 0 Å². The molecule has 1 aromatic heterocycles. The summed E-state index contributed by atoms with van der Waals surface area (Å²) in [5, 5.41) is 0.523. The van der Waals surface area contributed by atoms with Crippen molar-refractivity contribution in [3.8, 4) is 17.5 Å². The summed E-state index contributed by atoms with van der Waals surface area (Å²) < 4.78 is 1.58. The molecule has 1 unspecified atom stereocenters. The third-order valence-electron chi connectivity index (χ3n) is 3.60. The molecule has 4 heteroatoms. The van der Waals surface area contributed by atoms with Crippen molar-refractivity contribution >= 4 is 10.9 Å². The lowest BCUT2D eigenvalue weighted by Gasteiger charge is -2.16. The summed E-state index contributed by atoms with van der Waals surface area (Å²) in [6, 6.07) is 14.6. The van der Waals surface area contributed by atoms with E-state index in [0.717, 1.165) is 5.69 Å². The maximum atomic E-state index is 13.1. The van der Waals surface area contributed by atoms with Gasteiger partial charge >= 0.3 is 0 Å². The Morgan fingerprint density at radius 1 is 1.13 bits per heavy atom. The van der Waals surface area contributed by atoms with E-state index in [0.29, 0.717) is 22.3 Å². The Kier molecular flexibility index (Phi) is 3.96. The van der Waals surface area contributed by atoms with Gasteiger partial charge < -0.3 is 5.73 Å². The second-order valence-electron chi connectivity index (χ2n) is 5.31. The van der Waals surface area contributed by atoms with E-state index in [9.17, 15) is 4.79 Å². The number of hydrogen-bond acceptors (Lipinski definition) is 3. The van der Waals surface area contributed by atoms with Crippen LogP contribution in [-0.4, -0.2) is 9.55 Å². The molecular weight excluding hydrogens is 286 g/mol. The van der Waals surface area contributed by atoms with Crippen LogP contribution in [0.5, 0.6) is 0 Å². The zero-order valence-corrected chi connectivity index (χ0v) is 13.1. The van der Waals surface area contributed by atoms with Gasteiger partial charge in [0.1, 0.15) is 5.82 Å². The summed E-state index contributed by atoms with van der Waals surface area (Å²) >= 11 is 0. The Balaban J connectivity index is 2.48. The van der Waals surface area contributed by atoms with E-state index in [2.05, 4.69) is 16.8 Å². The minimum Gasteiger partial charge on any atom is -0.322 e. The molecule has 114 valence electrons. The fourth-order valence-corrected chi connectivity index (χ4v) is 2.62. The number of rotatable bonds is 2. The monoisotopic (exact) mass is 303 g/mol. The van der Waals surface area contributed by atoms with Crippen molar-refractivity contribution in [3.05, 3.63) is 70.3 Å². The quantitative estimate of drug-likeness (QED) is 0.741. The first kappa shape index (κ1) is 15.0. The number of benzene rings is 2. The van der Waals surface area contributed by atoms with Crippen LogP contribution in [-0.2, 0) is 0 Å². The molecule has 2 aromatic carbocycles. The van der Waals surface area contributed by atoms with Crippen molar-refractivity contribution in [3.63, 3.8) is 0 Å². The molecule has 3 rings (SSSR count). The maximum Gasteiger partial charge on any atom is 0.267 e. The number of para-hydroxylation sites is 1.